The van der Waals surface area contributed by atoms with Gasteiger partial charge in [-0.2, -0.15) is 11.8 Å². The van der Waals surface area contributed by atoms with Gasteiger partial charge in [0.1, 0.15) is 0 Å². The van der Waals surface area contributed by atoms with Gasteiger partial charge in [-0.25, -0.2) is 0 Å². The molecule has 1 saturated carbocycles. The van der Waals surface area contributed by atoms with Gasteiger partial charge in [0.25, 0.3) is 0 Å². The maximum atomic E-state index is 4.46. The zero-order valence-corrected chi connectivity index (χ0v) is 11.6. The topological polar surface area (TPSA) is 28.2 Å². The molecular formula is C14H21N3S. The van der Waals surface area contributed by atoms with Crippen LogP contribution < -0.4 is 10.2 Å². The first-order chi connectivity index (χ1) is 8.92. The number of hydrogen-bond donors (Lipinski definition) is 1. The molecule has 18 heavy (non-hydrogen) atoms. The van der Waals surface area contributed by atoms with Crippen LogP contribution in [0.4, 0.5) is 5.69 Å². The second-order valence-corrected chi connectivity index (χ2v) is 6.34. The Balaban J connectivity index is 1.64. The molecule has 0 radical (unpaired) electrons. The molecule has 0 atom stereocenters. The Morgan fingerprint density at radius 2 is 2.28 bits per heavy atom. The molecule has 1 aromatic rings. The van der Waals surface area contributed by atoms with E-state index >= 15 is 0 Å². The third-order valence-corrected chi connectivity index (χ3v) is 4.59. The van der Waals surface area contributed by atoms with Gasteiger partial charge in [0.2, 0.25) is 0 Å². The minimum Gasteiger partial charge on any atom is -0.371 e. The summed E-state index contributed by atoms with van der Waals surface area (Å²) in [6, 6.07) is 5.16. The van der Waals surface area contributed by atoms with Crippen LogP contribution in [-0.4, -0.2) is 35.6 Å². The molecule has 0 unspecified atom stereocenters. The first-order valence-corrected chi connectivity index (χ1v) is 8.08. The summed E-state index contributed by atoms with van der Waals surface area (Å²) >= 11 is 2.07. The van der Waals surface area contributed by atoms with Crippen LogP contribution in [0.25, 0.3) is 0 Å². The van der Waals surface area contributed by atoms with Gasteiger partial charge in [0.05, 0.1) is 5.69 Å². The number of nitrogens with one attached hydrogen (secondary N) is 1. The van der Waals surface area contributed by atoms with E-state index in [0.717, 1.165) is 12.6 Å². The van der Waals surface area contributed by atoms with Crippen LogP contribution in [0, 0.1) is 0 Å². The zero-order chi connectivity index (χ0) is 12.2. The van der Waals surface area contributed by atoms with E-state index in [2.05, 4.69) is 39.1 Å². The maximum Gasteiger partial charge on any atom is 0.0562 e. The fourth-order valence-electron chi connectivity index (χ4n) is 2.30. The number of anilines is 1. The van der Waals surface area contributed by atoms with Gasteiger partial charge in [-0.15, -0.1) is 0 Å². The Morgan fingerprint density at radius 1 is 1.33 bits per heavy atom. The lowest BCUT2D eigenvalue weighted by Gasteiger charge is -2.22. The van der Waals surface area contributed by atoms with Gasteiger partial charge in [0, 0.05) is 43.3 Å². The number of pyridine rings is 1. The van der Waals surface area contributed by atoms with E-state index in [0.29, 0.717) is 0 Å². The largest absolute Gasteiger partial charge is 0.371 e. The number of aromatic nitrogens is 1. The molecule has 2 heterocycles. The van der Waals surface area contributed by atoms with E-state index in [4.69, 9.17) is 0 Å². The molecule has 1 aliphatic heterocycles. The SMILES string of the molecule is c1cc(N2CCCSCC2)cc(CNC2CC2)n1. The van der Waals surface area contributed by atoms with Crippen molar-refractivity contribution in [1.82, 2.24) is 10.3 Å². The normalized spacial score (nSPS) is 20.8. The molecule has 3 rings (SSSR count). The molecule has 0 amide bonds. The highest BCUT2D eigenvalue weighted by atomic mass is 32.2. The quantitative estimate of drug-likeness (QED) is 0.902. The number of thioether (sulfide) groups is 1. The van der Waals surface area contributed by atoms with E-state index in [1.165, 1.54) is 55.2 Å². The molecule has 1 N–H and O–H groups in total. The number of rotatable bonds is 4. The molecule has 98 valence electrons. The lowest BCUT2D eigenvalue weighted by molar-refractivity contribution is 0.673. The molecule has 4 heteroatoms. The first-order valence-electron chi connectivity index (χ1n) is 6.93. The van der Waals surface area contributed by atoms with E-state index in [9.17, 15) is 0 Å². The zero-order valence-electron chi connectivity index (χ0n) is 10.8. The highest BCUT2D eigenvalue weighted by Gasteiger charge is 2.20. The molecule has 1 aromatic heterocycles. The standard InChI is InChI=1S/C14H21N3S/c1-6-17(7-9-18-8-1)14-4-5-15-13(10-14)11-16-12-2-3-12/h4-5,10,12,16H,1-3,6-9,11H2. The van der Waals surface area contributed by atoms with Crippen LogP contribution in [0.5, 0.6) is 0 Å². The Morgan fingerprint density at radius 3 is 3.17 bits per heavy atom. The average molecular weight is 263 g/mol. The van der Waals surface area contributed by atoms with Gasteiger partial charge >= 0.3 is 0 Å². The highest BCUT2D eigenvalue weighted by molar-refractivity contribution is 7.99. The van der Waals surface area contributed by atoms with E-state index < -0.39 is 0 Å². The Hall–Kier alpha value is -0.740. The lowest BCUT2D eigenvalue weighted by atomic mass is 10.2. The van der Waals surface area contributed by atoms with Gasteiger partial charge in [0.15, 0.2) is 0 Å². The highest BCUT2D eigenvalue weighted by Crippen LogP contribution is 2.21. The predicted molar refractivity (Wildman–Crippen MR) is 78.3 cm³/mol. The van der Waals surface area contributed by atoms with Gasteiger partial charge in [-0.1, -0.05) is 0 Å². The summed E-state index contributed by atoms with van der Waals surface area (Å²) in [4.78, 5) is 6.97. The summed E-state index contributed by atoms with van der Waals surface area (Å²) < 4.78 is 0. The second-order valence-electron chi connectivity index (χ2n) is 5.11. The van der Waals surface area contributed by atoms with E-state index in [1.807, 2.05) is 6.20 Å². The molecule has 2 aliphatic rings. The van der Waals surface area contributed by atoms with Crippen molar-refractivity contribution in [3.05, 3.63) is 24.0 Å². The van der Waals surface area contributed by atoms with Crippen LogP contribution in [0.15, 0.2) is 18.3 Å². The molecule has 3 nitrogen and oxygen atoms in total. The molecule has 0 bridgehead atoms. The summed E-state index contributed by atoms with van der Waals surface area (Å²) in [5.74, 6) is 2.55. The van der Waals surface area contributed by atoms with Crippen molar-refractivity contribution in [3.8, 4) is 0 Å². The summed E-state index contributed by atoms with van der Waals surface area (Å²) in [5, 5.41) is 3.53. The summed E-state index contributed by atoms with van der Waals surface area (Å²) in [5.41, 5.74) is 2.52. The Labute approximate surface area is 113 Å². The summed E-state index contributed by atoms with van der Waals surface area (Å²) in [6.45, 7) is 3.28. The van der Waals surface area contributed by atoms with Crippen LogP contribution >= 0.6 is 11.8 Å². The molecule has 2 fully saturated rings. The van der Waals surface area contributed by atoms with Gasteiger partial charge in [-0.05, 0) is 37.1 Å². The fraction of sp³-hybridized carbons (Fsp3) is 0.643. The third kappa shape index (κ3) is 3.39. The first kappa shape index (κ1) is 12.3. The second kappa shape index (κ2) is 5.93. The van der Waals surface area contributed by atoms with E-state index in [-0.39, 0.29) is 0 Å². The third-order valence-electron chi connectivity index (χ3n) is 3.54. The summed E-state index contributed by atoms with van der Waals surface area (Å²) in [7, 11) is 0. The van der Waals surface area contributed by atoms with Crippen LogP contribution in [0.3, 0.4) is 0 Å². The molecule has 1 aliphatic carbocycles. The van der Waals surface area contributed by atoms with Crippen molar-refractivity contribution < 1.29 is 0 Å². The predicted octanol–water partition coefficient (Wildman–Crippen LogP) is 2.28. The van der Waals surface area contributed by atoms with Crippen LogP contribution in [0.2, 0.25) is 0 Å². The minimum absolute atomic E-state index is 0.755. The van der Waals surface area contributed by atoms with Crippen molar-refractivity contribution in [2.75, 3.05) is 29.5 Å². The number of hydrogen-bond acceptors (Lipinski definition) is 4. The number of nitrogens with zero attached hydrogens (tertiary/aromatic N) is 2. The van der Waals surface area contributed by atoms with Crippen LogP contribution in [0.1, 0.15) is 25.0 Å². The summed E-state index contributed by atoms with van der Waals surface area (Å²) in [6.07, 6.45) is 5.92. The van der Waals surface area contributed by atoms with Crippen molar-refractivity contribution in [1.29, 1.82) is 0 Å². The van der Waals surface area contributed by atoms with Crippen molar-refractivity contribution in [2.45, 2.75) is 31.8 Å². The van der Waals surface area contributed by atoms with Gasteiger partial charge in [-0.3, -0.25) is 4.98 Å². The lowest BCUT2D eigenvalue weighted by Crippen LogP contribution is -2.26. The fourth-order valence-corrected chi connectivity index (χ4v) is 3.19. The molecule has 1 saturated heterocycles. The average Bonchev–Trinajstić information content (AvgIpc) is 3.24. The maximum absolute atomic E-state index is 4.46. The molecule has 0 spiro atoms. The van der Waals surface area contributed by atoms with Crippen molar-refractivity contribution >= 4 is 17.4 Å². The Bertz CT molecular complexity index is 384. The monoisotopic (exact) mass is 263 g/mol. The smallest absolute Gasteiger partial charge is 0.0562 e. The minimum atomic E-state index is 0.755. The van der Waals surface area contributed by atoms with Gasteiger partial charge < -0.3 is 10.2 Å². The Kier molecular flexibility index (Phi) is 4.06. The van der Waals surface area contributed by atoms with Crippen molar-refractivity contribution in [2.24, 2.45) is 0 Å². The molecule has 0 aromatic carbocycles. The van der Waals surface area contributed by atoms with E-state index in [1.54, 1.807) is 0 Å². The van der Waals surface area contributed by atoms with Crippen LogP contribution in [-0.2, 0) is 6.54 Å². The van der Waals surface area contributed by atoms with Crippen molar-refractivity contribution in [3.63, 3.8) is 0 Å². The molecular weight excluding hydrogens is 242 g/mol.